The van der Waals surface area contributed by atoms with E-state index in [1.165, 1.54) is 12.1 Å². The zero-order chi connectivity index (χ0) is 21.3. The van der Waals surface area contributed by atoms with Crippen molar-refractivity contribution in [3.63, 3.8) is 0 Å². The van der Waals surface area contributed by atoms with Crippen molar-refractivity contribution in [1.82, 2.24) is 9.88 Å². The molecule has 1 N–H and O–H groups in total. The Morgan fingerprint density at radius 2 is 2.00 bits per heavy atom. The maximum Gasteiger partial charge on any atom is 0.393 e. The molecule has 0 bridgehead atoms. The average molecular weight is 419 g/mol. The van der Waals surface area contributed by atoms with Crippen LogP contribution < -0.4 is 5.32 Å². The molecule has 0 spiro atoms. The molecule has 2 aromatic carbocycles. The fraction of sp³-hybridized carbons (Fsp3) is 0.318. The zero-order valence-electron chi connectivity index (χ0n) is 16.2. The van der Waals surface area contributed by atoms with Crippen LogP contribution in [0.5, 0.6) is 0 Å². The largest absolute Gasteiger partial charge is 0.420 e. The van der Waals surface area contributed by atoms with Gasteiger partial charge in [0.05, 0.1) is 6.42 Å². The number of alkyl halides is 3. The Morgan fingerprint density at radius 3 is 2.77 bits per heavy atom. The molecule has 4 rings (SSSR count). The van der Waals surface area contributed by atoms with Gasteiger partial charge in [0, 0.05) is 30.9 Å². The molecule has 1 aliphatic rings. The minimum absolute atomic E-state index is 0.114. The number of fused-ring (bicyclic) bond motifs is 1. The molecule has 30 heavy (non-hydrogen) atoms. The van der Waals surface area contributed by atoms with E-state index >= 15 is 0 Å². The Morgan fingerprint density at radius 1 is 1.20 bits per heavy atom. The lowest BCUT2D eigenvalue weighted by molar-refractivity contribution is -0.127. The smallest absolute Gasteiger partial charge is 0.393 e. The summed E-state index contributed by atoms with van der Waals surface area (Å²) in [5, 5.41) is 3.10. The summed E-state index contributed by atoms with van der Waals surface area (Å²) >= 11 is 0. The second kappa shape index (κ2) is 8.01. The van der Waals surface area contributed by atoms with Gasteiger partial charge in [-0.05, 0) is 30.0 Å². The van der Waals surface area contributed by atoms with Crippen LogP contribution in [0.2, 0.25) is 0 Å². The molecule has 0 unspecified atom stereocenters. The van der Waals surface area contributed by atoms with E-state index in [0.717, 1.165) is 6.42 Å². The topological polar surface area (TPSA) is 41.3 Å². The Hall–Kier alpha value is -3.03. The number of likely N-dealkylation sites (tertiary alicyclic amines) is 1. The van der Waals surface area contributed by atoms with E-state index in [-0.39, 0.29) is 23.1 Å². The van der Waals surface area contributed by atoms with Gasteiger partial charge in [-0.3, -0.25) is 0 Å². The van der Waals surface area contributed by atoms with Crippen LogP contribution in [0.1, 0.15) is 17.5 Å². The van der Waals surface area contributed by atoms with Gasteiger partial charge in [0.2, 0.25) is 0 Å². The molecule has 158 valence electrons. The molecule has 1 atom stereocenters. The molecule has 3 aromatic rings. The number of nitrogens with one attached hydrogen (secondary N) is 1. The Bertz CT molecular complexity index is 1060. The first-order valence-corrected chi connectivity index (χ1v) is 9.68. The van der Waals surface area contributed by atoms with Crippen molar-refractivity contribution in [3.05, 3.63) is 66.0 Å². The summed E-state index contributed by atoms with van der Waals surface area (Å²) < 4.78 is 57.9. The molecule has 0 radical (unpaired) electrons. The van der Waals surface area contributed by atoms with Gasteiger partial charge >= 0.3 is 6.18 Å². The predicted octanol–water partition coefficient (Wildman–Crippen LogP) is 5.48. The molecule has 0 amide bonds. The van der Waals surface area contributed by atoms with E-state index in [1.54, 1.807) is 30.3 Å². The minimum atomic E-state index is -4.27. The lowest BCUT2D eigenvalue weighted by atomic mass is 10.0. The molecule has 8 heteroatoms. The molecule has 1 saturated heterocycles. The van der Waals surface area contributed by atoms with E-state index in [1.807, 2.05) is 4.90 Å². The van der Waals surface area contributed by atoms with Crippen LogP contribution in [-0.2, 0) is 6.42 Å². The number of para-hydroxylation sites is 1. The number of rotatable bonds is 6. The van der Waals surface area contributed by atoms with E-state index < -0.39 is 18.4 Å². The van der Waals surface area contributed by atoms with Crippen molar-refractivity contribution in [1.29, 1.82) is 0 Å². The second-order valence-electron chi connectivity index (χ2n) is 7.48. The molecule has 1 aromatic heterocycles. The first kappa shape index (κ1) is 20.3. The molecular formula is C22H21F4N3O. The van der Waals surface area contributed by atoms with Crippen LogP contribution in [0.25, 0.3) is 16.8 Å². The van der Waals surface area contributed by atoms with E-state index in [2.05, 4.69) is 16.9 Å². The monoisotopic (exact) mass is 419 g/mol. The number of oxazole rings is 1. The van der Waals surface area contributed by atoms with Gasteiger partial charge in [0.25, 0.3) is 6.01 Å². The fourth-order valence-electron chi connectivity index (χ4n) is 3.81. The third-order valence-electron chi connectivity index (χ3n) is 5.30. The van der Waals surface area contributed by atoms with Crippen molar-refractivity contribution in [2.45, 2.75) is 19.0 Å². The van der Waals surface area contributed by atoms with Crippen molar-refractivity contribution < 1.29 is 22.0 Å². The van der Waals surface area contributed by atoms with E-state index in [9.17, 15) is 17.6 Å². The standard InChI is InChI=1S/C22H21F4N3O/c1-14(17-6-3-2-5-16(17)11-22(24,25)26)29-10-9-15(13-29)12-27-21-28-19-8-4-7-18(23)20(19)30-21/h2-8,15H,1,9-13H2,(H,27,28)/t15-/m0/s1. The molecular weight excluding hydrogens is 398 g/mol. The highest BCUT2D eigenvalue weighted by atomic mass is 19.4. The summed E-state index contributed by atoms with van der Waals surface area (Å²) in [6, 6.07) is 11.3. The number of nitrogens with zero attached hydrogens (tertiary/aromatic N) is 2. The van der Waals surface area contributed by atoms with Crippen LogP contribution in [0.4, 0.5) is 23.6 Å². The van der Waals surface area contributed by atoms with Crippen molar-refractivity contribution in [2.24, 2.45) is 5.92 Å². The quantitative estimate of drug-likeness (QED) is 0.538. The van der Waals surface area contributed by atoms with Crippen LogP contribution >= 0.6 is 0 Å². The summed E-state index contributed by atoms with van der Waals surface area (Å²) in [5.41, 5.74) is 1.91. The summed E-state index contributed by atoms with van der Waals surface area (Å²) in [7, 11) is 0. The van der Waals surface area contributed by atoms with Gasteiger partial charge < -0.3 is 14.6 Å². The number of aromatic nitrogens is 1. The van der Waals surface area contributed by atoms with Gasteiger partial charge in [-0.1, -0.05) is 36.9 Å². The Kier molecular flexibility index (Phi) is 5.40. The zero-order valence-corrected chi connectivity index (χ0v) is 16.2. The lowest BCUT2D eigenvalue weighted by Gasteiger charge is -2.24. The maximum absolute atomic E-state index is 13.7. The molecule has 1 fully saturated rings. The van der Waals surface area contributed by atoms with Crippen LogP contribution in [0.15, 0.2) is 53.5 Å². The molecule has 0 aliphatic carbocycles. The SMILES string of the molecule is C=C(c1ccccc1CC(F)(F)F)N1CC[C@@H](CNc2nc3cccc(F)c3o2)C1. The molecule has 4 nitrogen and oxygen atoms in total. The first-order valence-electron chi connectivity index (χ1n) is 9.68. The van der Waals surface area contributed by atoms with Gasteiger partial charge in [-0.2, -0.15) is 18.2 Å². The number of halogens is 4. The summed E-state index contributed by atoms with van der Waals surface area (Å²) in [4.78, 5) is 6.23. The van der Waals surface area contributed by atoms with E-state index in [0.29, 0.717) is 36.4 Å². The molecule has 0 saturated carbocycles. The van der Waals surface area contributed by atoms with Gasteiger partial charge in [0.15, 0.2) is 11.4 Å². The number of anilines is 1. The summed E-state index contributed by atoms with van der Waals surface area (Å²) in [6.07, 6.45) is -4.40. The van der Waals surface area contributed by atoms with Crippen LogP contribution in [-0.4, -0.2) is 35.7 Å². The minimum Gasteiger partial charge on any atom is -0.420 e. The number of benzene rings is 2. The normalized spacial score (nSPS) is 16.9. The summed E-state index contributed by atoms with van der Waals surface area (Å²) in [6.45, 7) is 5.97. The highest BCUT2D eigenvalue weighted by molar-refractivity contribution is 5.74. The lowest BCUT2D eigenvalue weighted by Crippen LogP contribution is -2.22. The van der Waals surface area contributed by atoms with E-state index in [4.69, 9.17) is 4.42 Å². The Labute approximate surface area is 171 Å². The number of hydrogen-bond acceptors (Lipinski definition) is 4. The van der Waals surface area contributed by atoms with Crippen molar-refractivity contribution in [3.8, 4) is 0 Å². The molecule has 2 heterocycles. The van der Waals surface area contributed by atoms with Crippen molar-refractivity contribution in [2.75, 3.05) is 25.0 Å². The summed E-state index contributed by atoms with van der Waals surface area (Å²) in [5.74, 6) is -0.231. The van der Waals surface area contributed by atoms with Crippen molar-refractivity contribution >= 4 is 22.8 Å². The van der Waals surface area contributed by atoms with Gasteiger partial charge in [0.1, 0.15) is 5.52 Å². The Balaban J connectivity index is 1.38. The molecule has 1 aliphatic heterocycles. The highest BCUT2D eigenvalue weighted by Crippen LogP contribution is 2.31. The predicted molar refractivity (Wildman–Crippen MR) is 107 cm³/mol. The highest BCUT2D eigenvalue weighted by Gasteiger charge is 2.30. The third kappa shape index (κ3) is 4.42. The maximum atomic E-state index is 13.7. The fourth-order valence-corrected chi connectivity index (χ4v) is 3.81. The van der Waals surface area contributed by atoms with Crippen LogP contribution in [0, 0.1) is 11.7 Å². The second-order valence-corrected chi connectivity index (χ2v) is 7.48. The first-order chi connectivity index (χ1) is 14.3. The van der Waals surface area contributed by atoms with Crippen LogP contribution in [0.3, 0.4) is 0 Å². The third-order valence-corrected chi connectivity index (χ3v) is 5.30. The average Bonchev–Trinajstić information content (AvgIpc) is 3.32. The van der Waals surface area contributed by atoms with Gasteiger partial charge in [-0.15, -0.1) is 0 Å². The van der Waals surface area contributed by atoms with Gasteiger partial charge in [-0.25, -0.2) is 4.39 Å². The number of hydrogen-bond donors (Lipinski definition) is 1.